The third-order valence-corrected chi connectivity index (χ3v) is 4.51. The maximum Gasteiger partial charge on any atom is 0.0757 e. The van der Waals surface area contributed by atoms with Crippen LogP contribution < -0.4 is 5.32 Å². The zero-order chi connectivity index (χ0) is 13.9. The molecule has 0 aromatic carbocycles. The van der Waals surface area contributed by atoms with Crippen molar-refractivity contribution in [1.82, 2.24) is 10.2 Å². The molecule has 1 aliphatic carbocycles. The lowest BCUT2D eigenvalue weighted by Crippen LogP contribution is -2.54. The zero-order valence-corrected chi connectivity index (χ0v) is 13.2. The summed E-state index contributed by atoms with van der Waals surface area (Å²) >= 11 is 0. The second kappa shape index (κ2) is 6.55. The number of hydrogen-bond donors (Lipinski definition) is 1. The quantitative estimate of drug-likeness (QED) is 0.848. The third-order valence-electron chi connectivity index (χ3n) is 4.51. The smallest absolute Gasteiger partial charge is 0.0757 e. The minimum absolute atomic E-state index is 0.0139. The average molecular weight is 268 g/mol. The highest BCUT2D eigenvalue weighted by atomic mass is 16.5. The molecule has 1 heterocycles. The summed E-state index contributed by atoms with van der Waals surface area (Å²) in [5, 5.41) is 3.70. The summed E-state index contributed by atoms with van der Waals surface area (Å²) in [6, 6.07) is 0.736. The maximum atomic E-state index is 6.01. The fourth-order valence-electron chi connectivity index (χ4n) is 4.01. The molecule has 3 unspecified atom stereocenters. The van der Waals surface area contributed by atoms with Crippen molar-refractivity contribution in [2.45, 2.75) is 71.1 Å². The molecule has 3 nitrogen and oxygen atoms in total. The van der Waals surface area contributed by atoms with Crippen LogP contribution in [-0.2, 0) is 4.74 Å². The topological polar surface area (TPSA) is 24.5 Å². The van der Waals surface area contributed by atoms with Crippen LogP contribution >= 0.6 is 0 Å². The Kier molecular flexibility index (Phi) is 5.27. The lowest BCUT2D eigenvalue weighted by Gasteiger charge is -2.44. The molecule has 2 rings (SSSR count). The van der Waals surface area contributed by atoms with E-state index in [1.165, 1.54) is 32.2 Å². The van der Waals surface area contributed by atoms with Gasteiger partial charge in [0.25, 0.3) is 0 Å². The molecule has 1 saturated heterocycles. The van der Waals surface area contributed by atoms with E-state index in [1.807, 2.05) is 0 Å². The van der Waals surface area contributed by atoms with E-state index < -0.39 is 0 Å². The Bertz CT molecular complexity index is 278. The van der Waals surface area contributed by atoms with Crippen molar-refractivity contribution >= 4 is 0 Å². The Morgan fingerprint density at radius 1 is 1.26 bits per heavy atom. The van der Waals surface area contributed by atoms with Gasteiger partial charge >= 0.3 is 0 Å². The molecule has 0 bridgehead atoms. The van der Waals surface area contributed by atoms with Crippen molar-refractivity contribution < 1.29 is 4.74 Å². The molecule has 1 N–H and O–H groups in total. The predicted molar refractivity (Wildman–Crippen MR) is 80.5 cm³/mol. The number of nitrogens with zero attached hydrogens (tertiary/aromatic N) is 1. The highest BCUT2D eigenvalue weighted by Crippen LogP contribution is 2.28. The molecule has 0 aromatic heterocycles. The van der Waals surface area contributed by atoms with Gasteiger partial charge in [-0.1, -0.05) is 19.8 Å². The van der Waals surface area contributed by atoms with E-state index >= 15 is 0 Å². The first-order chi connectivity index (χ1) is 9.00. The van der Waals surface area contributed by atoms with Gasteiger partial charge in [-0.2, -0.15) is 0 Å². The molecule has 1 saturated carbocycles. The molecular weight excluding hydrogens is 236 g/mol. The normalized spacial score (nSPS) is 36.3. The molecule has 112 valence electrons. The Labute approximate surface area is 119 Å². The van der Waals surface area contributed by atoms with E-state index in [0.717, 1.165) is 31.6 Å². The first-order valence-corrected chi connectivity index (χ1v) is 8.14. The molecule has 3 heteroatoms. The summed E-state index contributed by atoms with van der Waals surface area (Å²) in [5.74, 6) is 0.829. The van der Waals surface area contributed by atoms with Crippen LogP contribution in [0, 0.1) is 5.92 Å². The van der Waals surface area contributed by atoms with Gasteiger partial charge in [0.1, 0.15) is 0 Å². The molecule has 2 aliphatic rings. The van der Waals surface area contributed by atoms with Gasteiger partial charge in [0.05, 0.1) is 11.7 Å². The van der Waals surface area contributed by atoms with Crippen LogP contribution in [0.2, 0.25) is 0 Å². The van der Waals surface area contributed by atoms with E-state index in [4.69, 9.17) is 4.74 Å². The monoisotopic (exact) mass is 268 g/mol. The molecule has 3 atom stereocenters. The number of morpholine rings is 1. The number of rotatable bonds is 4. The van der Waals surface area contributed by atoms with Gasteiger partial charge in [0.2, 0.25) is 0 Å². The van der Waals surface area contributed by atoms with Gasteiger partial charge in [0.15, 0.2) is 0 Å². The summed E-state index contributed by atoms with van der Waals surface area (Å²) in [6.07, 6.45) is 5.94. The van der Waals surface area contributed by atoms with Crippen LogP contribution in [0.15, 0.2) is 0 Å². The average Bonchev–Trinajstić information content (AvgIpc) is 2.29. The summed E-state index contributed by atoms with van der Waals surface area (Å²) in [6.45, 7) is 13.4. The SMILES string of the molecule is CCNC1CCCCC1CN1CC(C)OC(C)(C)C1. The molecule has 0 amide bonds. The van der Waals surface area contributed by atoms with Crippen LogP contribution in [0.3, 0.4) is 0 Å². The highest BCUT2D eigenvalue weighted by Gasteiger charge is 2.34. The van der Waals surface area contributed by atoms with Crippen LogP contribution in [0.25, 0.3) is 0 Å². The van der Waals surface area contributed by atoms with Crippen LogP contribution in [0.1, 0.15) is 53.4 Å². The van der Waals surface area contributed by atoms with Crippen molar-refractivity contribution in [1.29, 1.82) is 0 Å². The Hall–Kier alpha value is -0.120. The molecule has 1 aliphatic heterocycles. The van der Waals surface area contributed by atoms with E-state index in [1.54, 1.807) is 0 Å². The molecule has 0 radical (unpaired) electrons. The van der Waals surface area contributed by atoms with Gasteiger partial charge in [-0.05, 0) is 46.1 Å². The molecular formula is C16H32N2O. The van der Waals surface area contributed by atoms with Gasteiger partial charge in [-0.15, -0.1) is 0 Å². The first kappa shape index (κ1) is 15.3. The largest absolute Gasteiger partial charge is 0.370 e. The Balaban J connectivity index is 1.91. The van der Waals surface area contributed by atoms with E-state index in [9.17, 15) is 0 Å². The Morgan fingerprint density at radius 3 is 2.68 bits per heavy atom. The van der Waals surface area contributed by atoms with Gasteiger partial charge in [-0.25, -0.2) is 0 Å². The lowest BCUT2D eigenvalue weighted by molar-refractivity contribution is -0.132. The number of nitrogens with one attached hydrogen (secondary N) is 1. The van der Waals surface area contributed by atoms with Crippen molar-refractivity contribution in [2.24, 2.45) is 5.92 Å². The van der Waals surface area contributed by atoms with Gasteiger partial charge < -0.3 is 10.1 Å². The number of ether oxygens (including phenoxy) is 1. The van der Waals surface area contributed by atoms with E-state index in [-0.39, 0.29) is 5.60 Å². The number of hydrogen-bond acceptors (Lipinski definition) is 3. The summed E-state index contributed by atoms with van der Waals surface area (Å²) < 4.78 is 6.01. The van der Waals surface area contributed by atoms with E-state index in [2.05, 4.69) is 37.9 Å². The second-order valence-electron chi connectivity index (χ2n) is 7.09. The minimum atomic E-state index is 0.0139. The maximum absolute atomic E-state index is 6.01. The lowest BCUT2D eigenvalue weighted by atomic mass is 9.83. The molecule has 0 aromatic rings. The van der Waals surface area contributed by atoms with Gasteiger partial charge in [-0.3, -0.25) is 4.90 Å². The van der Waals surface area contributed by atoms with Crippen LogP contribution in [0.5, 0.6) is 0 Å². The fourth-order valence-corrected chi connectivity index (χ4v) is 4.01. The van der Waals surface area contributed by atoms with Crippen molar-refractivity contribution in [3.8, 4) is 0 Å². The van der Waals surface area contributed by atoms with Crippen molar-refractivity contribution in [2.75, 3.05) is 26.2 Å². The predicted octanol–water partition coefficient (Wildman–Crippen LogP) is 2.65. The minimum Gasteiger partial charge on any atom is -0.370 e. The zero-order valence-electron chi connectivity index (χ0n) is 13.2. The van der Waals surface area contributed by atoms with Crippen LogP contribution in [0.4, 0.5) is 0 Å². The van der Waals surface area contributed by atoms with Gasteiger partial charge in [0, 0.05) is 25.7 Å². The highest BCUT2D eigenvalue weighted by molar-refractivity contribution is 4.88. The molecule has 19 heavy (non-hydrogen) atoms. The van der Waals surface area contributed by atoms with Crippen LogP contribution in [-0.4, -0.2) is 48.8 Å². The molecule has 0 spiro atoms. The fraction of sp³-hybridized carbons (Fsp3) is 1.00. The summed E-state index contributed by atoms with van der Waals surface area (Å²) in [7, 11) is 0. The molecule has 2 fully saturated rings. The third kappa shape index (κ3) is 4.44. The Morgan fingerprint density at radius 2 is 2.00 bits per heavy atom. The standard InChI is InChI=1S/C16H32N2O/c1-5-17-15-9-7-6-8-14(15)11-18-10-13(2)19-16(3,4)12-18/h13-15,17H,5-12H2,1-4H3. The summed E-state index contributed by atoms with van der Waals surface area (Å²) in [5.41, 5.74) is 0.0139. The van der Waals surface area contributed by atoms with Crippen molar-refractivity contribution in [3.63, 3.8) is 0 Å². The van der Waals surface area contributed by atoms with Crippen molar-refractivity contribution in [3.05, 3.63) is 0 Å². The first-order valence-electron chi connectivity index (χ1n) is 8.14. The van der Waals surface area contributed by atoms with E-state index in [0.29, 0.717) is 6.10 Å². The second-order valence-corrected chi connectivity index (χ2v) is 7.09. The summed E-state index contributed by atoms with van der Waals surface area (Å²) in [4.78, 5) is 2.63.